The van der Waals surface area contributed by atoms with Gasteiger partial charge < -0.3 is 9.80 Å². The SMILES string of the molecule is C=CN(C)C1CCC(N(C)C)CC1. The first-order valence-electron chi connectivity index (χ1n) is 5.16. The Bertz CT molecular complexity index is 157. The van der Waals surface area contributed by atoms with Gasteiger partial charge in [0.05, 0.1) is 0 Å². The van der Waals surface area contributed by atoms with Crippen LogP contribution in [0.15, 0.2) is 12.8 Å². The van der Waals surface area contributed by atoms with E-state index < -0.39 is 0 Å². The van der Waals surface area contributed by atoms with E-state index >= 15 is 0 Å². The second-order valence-corrected chi connectivity index (χ2v) is 4.27. The Kier molecular flexibility index (Phi) is 3.79. The second kappa shape index (κ2) is 4.66. The van der Waals surface area contributed by atoms with Crippen LogP contribution in [-0.4, -0.2) is 43.0 Å². The smallest absolute Gasteiger partial charge is 0.0282 e. The molecule has 0 aromatic heterocycles. The molecule has 1 aliphatic carbocycles. The molecule has 0 saturated heterocycles. The van der Waals surface area contributed by atoms with Gasteiger partial charge in [0.15, 0.2) is 0 Å². The van der Waals surface area contributed by atoms with E-state index in [2.05, 4.69) is 37.5 Å². The van der Waals surface area contributed by atoms with Crippen LogP contribution in [0.1, 0.15) is 25.7 Å². The third kappa shape index (κ3) is 2.73. The Morgan fingerprint density at radius 3 is 1.85 bits per heavy atom. The van der Waals surface area contributed by atoms with Gasteiger partial charge in [-0.2, -0.15) is 0 Å². The highest BCUT2D eigenvalue weighted by atomic mass is 15.1. The van der Waals surface area contributed by atoms with Crippen molar-refractivity contribution in [1.29, 1.82) is 0 Å². The molecule has 0 aromatic rings. The summed E-state index contributed by atoms with van der Waals surface area (Å²) in [4.78, 5) is 4.61. The second-order valence-electron chi connectivity index (χ2n) is 4.27. The molecule has 0 unspecified atom stereocenters. The van der Waals surface area contributed by atoms with Gasteiger partial charge in [-0.1, -0.05) is 6.58 Å². The number of nitrogens with zero attached hydrogens (tertiary/aromatic N) is 2. The zero-order chi connectivity index (χ0) is 9.84. The molecule has 0 spiro atoms. The van der Waals surface area contributed by atoms with Crippen molar-refractivity contribution < 1.29 is 0 Å². The van der Waals surface area contributed by atoms with E-state index in [1.54, 1.807) is 0 Å². The van der Waals surface area contributed by atoms with E-state index in [-0.39, 0.29) is 0 Å². The molecule has 2 nitrogen and oxygen atoms in total. The number of rotatable bonds is 3. The van der Waals surface area contributed by atoms with Crippen molar-refractivity contribution in [2.75, 3.05) is 21.1 Å². The first kappa shape index (κ1) is 10.6. The van der Waals surface area contributed by atoms with Crippen LogP contribution < -0.4 is 0 Å². The Morgan fingerprint density at radius 2 is 1.46 bits per heavy atom. The predicted molar refractivity (Wildman–Crippen MR) is 57.7 cm³/mol. The molecule has 1 fully saturated rings. The molecule has 0 heterocycles. The van der Waals surface area contributed by atoms with Gasteiger partial charge in [-0.3, -0.25) is 0 Å². The van der Waals surface area contributed by atoms with Crippen molar-refractivity contribution in [3.05, 3.63) is 12.8 Å². The normalized spacial score (nSPS) is 28.9. The minimum atomic E-state index is 0.730. The molecule has 0 N–H and O–H groups in total. The topological polar surface area (TPSA) is 6.48 Å². The zero-order valence-corrected chi connectivity index (χ0v) is 9.16. The molecule has 13 heavy (non-hydrogen) atoms. The lowest BCUT2D eigenvalue weighted by Crippen LogP contribution is -2.38. The third-order valence-corrected chi connectivity index (χ3v) is 3.26. The summed E-state index contributed by atoms with van der Waals surface area (Å²) in [6.07, 6.45) is 7.23. The summed E-state index contributed by atoms with van der Waals surface area (Å²) >= 11 is 0. The largest absolute Gasteiger partial charge is 0.378 e. The molecule has 1 rings (SSSR count). The minimum absolute atomic E-state index is 0.730. The van der Waals surface area contributed by atoms with Crippen molar-refractivity contribution in [3.63, 3.8) is 0 Å². The molecule has 76 valence electrons. The highest BCUT2D eigenvalue weighted by Crippen LogP contribution is 2.24. The fraction of sp³-hybridized carbons (Fsp3) is 0.818. The first-order valence-corrected chi connectivity index (χ1v) is 5.16. The van der Waals surface area contributed by atoms with Gasteiger partial charge in [0.1, 0.15) is 0 Å². The van der Waals surface area contributed by atoms with Gasteiger partial charge >= 0.3 is 0 Å². The van der Waals surface area contributed by atoms with Crippen LogP contribution in [0.3, 0.4) is 0 Å². The molecule has 0 atom stereocenters. The van der Waals surface area contributed by atoms with E-state index in [0.717, 1.165) is 12.1 Å². The van der Waals surface area contributed by atoms with Crippen LogP contribution in [0.4, 0.5) is 0 Å². The summed E-state index contributed by atoms with van der Waals surface area (Å²) in [6.45, 7) is 3.81. The highest BCUT2D eigenvalue weighted by Gasteiger charge is 2.23. The van der Waals surface area contributed by atoms with Crippen molar-refractivity contribution >= 4 is 0 Å². The summed E-state index contributed by atoms with van der Waals surface area (Å²) in [7, 11) is 6.50. The Hall–Kier alpha value is -0.500. The average Bonchev–Trinajstić information content (AvgIpc) is 2.17. The van der Waals surface area contributed by atoms with E-state index in [1.165, 1.54) is 25.7 Å². The van der Waals surface area contributed by atoms with Crippen LogP contribution in [-0.2, 0) is 0 Å². The van der Waals surface area contributed by atoms with Gasteiger partial charge in [-0.15, -0.1) is 0 Å². The lowest BCUT2D eigenvalue weighted by molar-refractivity contribution is 0.167. The Morgan fingerprint density at radius 1 is 1.00 bits per heavy atom. The van der Waals surface area contributed by atoms with E-state index in [0.29, 0.717) is 0 Å². The molecule has 0 amide bonds. The Labute approximate surface area is 82.2 Å². The van der Waals surface area contributed by atoms with Crippen LogP contribution in [0.2, 0.25) is 0 Å². The molecule has 0 bridgehead atoms. The number of hydrogen-bond donors (Lipinski definition) is 0. The van der Waals surface area contributed by atoms with Gasteiger partial charge in [0, 0.05) is 19.1 Å². The fourth-order valence-electron chi connectivity index (χ4n) is 2.13. The predicted octanol–water partition coefficient (Wildman–Crippen LogP) is 1.93. The summed E-state index contributed by atoms with van der Waals surface area (Å²) in [5, 5.41) is 0. The summed E-state index contributed by atoms with van der Waals surface area (Å²) < 4.78 is 0. The van der Waals surface area contributed by atoms with E-state index in [1.807, 2.05) is 6.20 Å². The van der Waals surface area contributed by atoms with Crippen molar-refractivity contribution in [2.24, 2.45) is 0 Å². The van der Waals surface area contributed by atoms with Gasteiger partial charge in [0.2, 0.25) is 0 Å². The van der Waals surface area contributed by atoms with Crippen LogP contribution in [0, 0.1) is 0 Å². The molecular formula is C11H22N2. The summed E-state index contributed by atoms with van der Waals surface area (Å²) in [5.41, 5.74) is 0. The summed E-state index contributed by atoms with van der Waals surface area (Å²) in [6, 6.07) is 1.53. The third-order valence-electron chi connectivity index (χ3n) is 3.26. The quantitative estimate of drug-likeness (QED) is 0.658. The molecule has 0 aliphatic heterocycles. The van der Waals surface area contributed by atoms with E-state index in [9.17, 15) is 0 Å². The van der Waals surface area contributed by atoms with Crippen molar-refractivity contribution in [2.45, 2.75) is 37.8 Å². The summed E-state index contributed by atoms with van der Waals surface area (Å²) in [5.74, 6) is 0. The molecular weight excluding hydrogens is 160 g/mol. The van der Waals surface area contributed by atoms with E-state index in [4.69, 9.17) is 0 Å². The van der Waals surface area contributed by atoms with Crippen molar-refractivity contribution in [3.8, 4) is 0 Å². The molecule has 2 heteroatoms. The zero-order valence-electron chi connectivity index (χ0n) is 9.16. The molecule has 0 radical (unpaired) electrons. The van der Waals surface area contributed by atoms with Crippen LogP contribution in [0.5, 0.6) is 0 Å². The maximum atomic E-state index is 3.81. The lowest BCUT2D eigenvalue weighted by atomic mass is 9.90. The lowest BCUT2D eigenvalue weighted by Gasteiger charge is -2.36. The first-order chi connectivity index (χ1) is 6.15. The highest BCUT2D eigenvalue weighted by molar-refractivity contribution is 4.84. The van der Waals surface area contributed by atoms with Crippen molar-refractivity contribution in [1.82, 2.24) is 9.80 Å². The molecule has 1 saturated carbocycles. The van der Waals surface area contributed by atoms with Crippen LogP contribution >= 0.6 is 0 Å². The maximum absolute atomic E-state index is 3.81. The number of hydrogen-bond acceptors (Lipinski definition) is 2. The fourth-order valence-corrected chi connectivity index (χ4v) is 2.13. The average molecular weight is 182 g/mol. The minimum Gasteiger partial charge on any atom is -0.378 e. The standard InChI is InChI=1S/C11H22N2/c1-5-13(4)11-8-6-10(7-9-11)12(2)3/h5,10-11H,1,6-9H2,2-4H3. The van der Waals surface area contributed by atoms with Gasteiger partial charge in [-0.25, -0.2) is 0 Å². The Balaban J connectivity index is 2.34. The van der Waals surface area contributed by atoms with Gasteiger partial charge in [0.25, 0.3) is 0 Å². The maximum Gasteiger partial charge on any atom is 0.0282 e. The van der Waals surface area contributed by atoms with Gasteiger partial charge in [-0.05, 0) is 46.0 Å². The molecule has 0 aromatic carbocycles. The molecule has 1 aliphatic rings. The van der Waals surface area contributed by atoms with Crippen LogP contribution in [0.25, 0.3) is 0 Å². The monoisotopic (exact) mass is 182 g/mol.